The standard InChI is InChI=1S/C14H28N3O7P/c1-6-21-12(18)10-15-13(25(20,23-8-3)24-9-4)11(5)16-17-14(19)22-7-2/h13,15H,6-10H2,1-5H3,(H,17,19)/b16-11+. The van der Waals surface area contributed by atoms with Crippen LogP contribution < -0.4 is 10.7 Å². The van der Waals surface area contributed by atoms with Crippen LogP contribution in [-0.4, -0.2) is 56.5 Å². The van der Waals surface area contributed by atoms with Crippen LogP contribution in [0.15, 0.2) is 5.10 Å². The molecule has 11 heteroatoms. The van der Waals surface area contributed by atoms with E-state index in [0.29, 0.717) is 0 Å². The lowest BCUT2D eigenvalue weighted by Gasteiger charge is -2.26. The van der Waals surface area contributed by atoms with Crippen LogP contribution in [0, 0.1) is 0 Å². The summed E-state index contributed by atoms with van der Waals surface area (Å²) in [4.78, 5) is 22.9. The summed E-state index contributed by atoms with van der Waals surface area (Å²) in [5.74, 6) is -1.57. The van der Waals surface area contributed by atoms with E-state index in [1.54, 1.807) is 27.7 Å². The Bertz CT molecular complexity index is 489. The Balaban J connectivity index is 5.34. The summed E-state index contributed by atoms with van der Waals surface area (Å²) in [7, 11) is -3.68. The van der Waals surface area contributed by atoms with E-state index in [0.717, 1.165) is 0 Å². The highest BCUT2D eigenvalue weighted by atomic mass is 31.2. The van der Waals surface area contributed by atoms with Gasteiger partial charge in [0.15, 0.2) is 5.78 Å². The summed E-state index contributed by atoms with van der Waals surface area (Å²) < 4.78 is 33.1. The Labute approximate surface area is 148 Å². The monoisotopic (exact) mass is 381 g/mol. The summed E-state index contributed by atoms with van der Waals surface area (Å²) in [5.41, 5.74) is 2.37. The molecule has 0 saturated carbocycles. The second kappa shape index (κ2) is 12.8. The van der Waals surface area contributed by atoms with Gasteiger partial charge in [0.25, 0.3) is 0 Å². The topological polar surface area (TPSA) is 125 Å². The number of hydrazone groups is 1. The van der Waals surface area contributed by atoms with Crippen LogP contribution in [0.25, 0.3) is 0 Å². The van der Waals surface area contributed by atoms with Crippen molar-refractivity contribution in [3.8, 4) is 0 Å². The minimum absolute atomic E-state index is 0.132. The molecule has 146 valence electrons. The molecule has 0 aliphatic carbocycles. The highest BCUT2D eigenvalue weighted by Gasteiger charge is 2.38. The molecule has 1 unspecified atom stereocenters. The first kappa shape index (κ1) is 23.5. The molecule has 25 heavy (non-hydrogen) atoms. The van der Waals surface area contributed by atoms with Crippen molar-refractivity contribution in [3.63, 3.8) is 0 Å². The number of hydrogen-bond acceptors (Lipinski definition) is 9. The van der Waals surface area contributed by atoms with Gasteiger partial charge >= 0.3 is 19.7 Å². The molecule has 0 bridgehead atoms. The number of nitrogens with zero attached hydrogens (tertiary/aromatic N) is 1. The van der Waals surface area contributed by atoms with Crippen molar-refractivity contribution in [1.82, 2.24) is 10.7 Å². The van der Waals surface area contributed by atoms with Gasteiger partial charge in [-0.1, -0.05) is 0 Å². The Morgan fingerprint density at radius 3 is 2.04 bits per heavy atom. The van der Waals surface area contributed by atoms with Crippen molar-refractivity contribution < 1.29 is 32.7 Å². The summed E-state index contributed by atoms with van der Waals surface area (Å²) >= 11 is 0. The molecule has 2 N–H and O–H groups in total. The van der Waals surface area contributed by atoms with Gasteiger partial charge in [-0.3, -0.25) is 14.7 Å². The molecule has 10 nitrogen and oxygen atoms in total. The molecule has 1 amide bonds. The van der Waals surface area contributed by atoms with Crippen molar-refractivity contribution >= 4 is 25.4 Å². The Morgan fingerprint density at radius 1 is 1.00 bits per heavy atom. The number of esters is 1. The van der Waals surface area contributed by atoms with Crippen LogP contribution in [0.4, 0.5) is 4.79 Å². The van der Waals surface area contributed by atoms with Crippen molar-refractivity contribution in [2.75, 3.05) is 33.0 Å². The van der Waals surface area contributed by atoms with Crippen LogP contribution in [-0.2, 0) is 27.9 Å². The number of hydrogen-bond donors (Lipinski definition) is 2. The Kier molecular flexibility index (Phi) is 12.1. The van der Waals surface area contributed by atoms with Crippen LogP contribution in [0.3, 0.4) is 0 Å². The fraction of sp³-hybridized carbons (Fsp3) is 0.786. The molecular formula is C14H28N3O7P. The second-order valence-corrected chi connectivity index (χ2v) is 6.66. The van der Waals surface area contributed by atoms with E-state index >= 15 is 0 Å². The van der Waals surface area contributed by atoms with Gasteiger partial charge in [-0.15, -0.1) is 0 Å². The molecule has 0 aliphatic heterocycles. The molecule has 0 spiro atoms. The van der Waals surface area contributed by atoms with Gasteiger partial charge in [-0.25, -0.2) is 10.2 Å². The Morgan fingerprint density at radius 2 is 1.56 bits per heavy atom. The molecule has 0 aromatic rings. The number of ether oxygens (including phenoxy) is 2. The second-order valence-electron chi connectivity index (χ2n) is 4.55. The van der Waals surface area contributed by atoms with Gasteiger partial charge in [0.2, 0.25) is 0 Å². The smallest absolute Gasteiger partial charge is 0.427 e. The van der Waals surface area contributed by atoms with E-state index in [9.17, 15) is 14.2 Å². The lowest BCUT2D eigenvalue weighted by molar-refractivity contribution is -0.141. The number of carbonyl (C=O) groups excluding carboxylic acids is 2. The highest BCUT2D eigenvalue weighted by Crippen LogP contribution is 2.52. The minimum atomic E-state index is -3.68. The lowest BCUT2D eigenvalue weighted by atomic mass is 10.4. The average molecular weight is 381 g/mol. The van der Waals surface area contributed by atoms with Crippen LogP contribution in [0.2, 0.25) is 0 Å². The first-order chi connectivity index (χ1) is 11.8. The summed E-state index contributed by atoms with van der Waals surface area (Å²) in [6, 6.07) is 0. The molecule has 0 aliphatic rings. The maximum atomic E-state index is 13.0. The maximum Gasteiger partial charge on any atom is 0.427 e. The first-order valence-electron chi connectivity index (χ1n) is 8.09. The molecule has 0 heterocycles. The average Bonchev–Trinajstić information content (AvgIpc) is 2.54. The highest BCUT2D eigenvalue weighted by molar-refractivity contribution is 7.55. The van der Waals surface area contributed by atoms with Gasteiger partial charge in [0.05, 0.1) is 38.7 Å². The number of nitrogens with one attached hydrogen (secondary N) is 2. The zero-order valence-corrected chi connectivity index (χ0v) is 16.3. The van der Waals surface area contributed by atoms with Gasteiger partial charge < -0.3 is 18.5 Å². The van der Waals surface area contributed by atoms with Gasteiger partial charge in [-0.05, 0) is 34.6 Å². The predicted octanol–water partition coefficient (Wildman–Crippen LogP) is 1.85. The van der Waals surface area contributed by atoms with Crippen molar-refractivity contribution in [2.24, 2.45) is 5.10 Å². The largest absolute Gasteiger partial charge is 0.465 e. The molecule has 0 aromatic carbocycles. The first-order valence-corrected chi connectivity index (χ1v) is 9.70. The molecule has 0 saturated heterocycles. The number of amides is 1. The van der Waals surface area contributed by atoms with E-state index in [-0.39, 0.29) is 38.7 Å². The number of rotatable bonds is 12. The molecule has 0 rings (SSSR count). The third-order valence-corrected chi connectivity index (χ3v) is 5.10. The molecule has 0 radical (unpaired) electrons. The van der Waals surface area contributed by atoms with Gasteiger partial charge in [0.1, 0.15) is 0 Å². The SMILES string of the molecule is CCOC(=O)CNC(/C(C)=N/NC(=O)OCC)P(=O)(OCC)OCC. The Hall–Kier alpha value is -1.48. The molecular weight excluding hydrogens is 353 g/mol. The molecule has 0 aromatic heterocycles. The zero-order chi connectivity index (χ0) is 19.3. The van der Waals surface area contributed by atoms with Crippen LogP contribution >= 0.6 is 7.60 Å². The maximum absolute atomic E-state index is 13.0. The summed E-state index contributed by atoms with van der Waals surface area (Å²) in [5, 5.41) is 6.60. The predicted molar refractivity (Wildman–Crippen MR) is 92.5 cm³/mol. The molecule has 1 atom stereocenters. The van der Waals surface area contributed by atoms with E-state index in [2.05, 4.69) is 15.8 Å². The summed E-state index contributed by atoms with van der Waals surface area (Å²) in [6.07, 6.45) is -0.756. The van der Waals surface area contributed by atoms with E-state index in [1.165, 1.54) is 6.92 Å². The fourth-order valence-corrected chi connectivity index (χ4v) is 3.71. The van der Waals surface area contributed by atoms with E-state index in [4.69, 9.17) is 18.5 Å². The third-order valence-electron chi connectivity index (χ3n) is 2.67. The van der Waals surface area contributed by atoms with Gasteiger partial charge in [0, 0.05) is 0 Å². The quantitative estimate of drug-likeness (QED) is 0.227. The van der Waals surface area contributed by atoms with E-state index in [1.807, 2.05) is 0 Å². The van der Waals surface area contributed by atoms with Crippen molar-refractivity contribution in [2.45, 2.75) is 40.4 Å². The lowest BCUT2D eigenvalue weighted by Crippen LogP contribution is -2.41. The number of carbonyl (C=O) groups is 2. The van der Waals surface area contributed by atoms with Crippen molar-refractivity contribution in [3.05, 3.63) is 0 Å². The fourth-order valence-electron chi connectivity index (χ4n) is 1.78. The molecule has 0 fully saturated rings. The third kappa shape index (κ3) is 8.97. The zero-order valence-electron chi connectivity index (χ0n) is 15.4. The summed E-state index contributed by atoms with van der Waals surface area (Å²) in [6.45, 7) is 8.61. The van der Waals surface area contributed by atoms with E-state index < -0.39 is 25.4 Å². The normalized spacial score (nSPS) is 13.2. The van der Waals surface area contributed by atoms with Gasteiger partial charge in [-0.2, -0.15) is 5.10 Å². The van der Waals surface area contributed by atoms with Crippen molar-refractivity contribution in [1.29, 1.82) is 0 Å². The van der Waals surface area contributed by atoms with Crippen LogP contribution in [0.5, 0.6) is 0 Å². The van der Waals surface area contributed by atoms with Crippen LogP contribution in [0.1, 0.15) is 34.6 Å². The minimum Gasteiger partial charge on any atom is -0.465 e.